The summed E-state index contributed by atoms with van der Waals surface area (Å²) in [6, 6.07) is 3.79. The summed E-state index contributed by atoms with van der Waals surface area (Å²) in [5.41, 5.74) is 0. The number of ether oxygens (including phenoxy) is 1. The third-order valence-corrected chi connectivity index (χ3v) is 7.92. The molecule has 9 heteroatoms. The number of piperidine rings is 1. The summed E-state index contributed by atoms with van der Waals surface area (Å²) in [5, 5.41) is 4.42. The van der Waals surface area contributed by atoms with Crippen molar-refractivity contribution in [3.05, 3.63) is 34.0 Å². The third-order valence-electron chi connectivity index (χ3n) is 6.29. The van der Waals surface area contributed by atoms with Gasteiger partial charge in [0.2, 0.25) is 0 Å². The van der Waals surface area contributed by atoms with Crippen LogP contribution in [-0.4, -0.2) is 52.9 Å². The first kappa shape index (κ1) is 22.9. The molecule has 3 heterocycles. The second-order valence-corrected chi connectivity index (χ2v) is 10.3. The van der Waals surface area contributed by atoms with E-state index in [1.807, 2.05) is 22.9 Å². The van der Waals surface area contributed by atoms with Crippen LogP contribution < -0.4 is 4.90 Å². The monoisotopic (exact) mass is 475 g/mol. The molecule has 7 nitrogen and oxygen atoms in total. The van der Waals surface area contributed by atoms with E-state index in [2.05, 4.69) is 4.98 Å². The van der Waals surface area contributed by atoms with Crippen molar-refractivity contribution in [1.29, 1.82) is 0 Å². The number of carbonyl (C=O) groups excluding carboxylic acids is 3. The van der Waals surface area contributed by atoms with Crippen LogP contribution in [0.3, 0.4) is 0 Å². The number of amides is 2. The summed E-state index contributed by atoms with van der Waals surface area (Å²) in [4.78, 5) is 47.2. The predicted octanol–water partition coefficient (Wildman–Crippen LogP) is 4.35. The molecule has 4 rings (SSSR count). The fourth-order valence-corrected chi connectivity index (χ4v) is 5.90. The Bertz CT molecular complexity index is 902. The minimum Gasteiger partial charge on any atom is -0.452 e. The van der Waals surface area contributed by atoms with Gasteiger partial charge >= 0.3 is 5.97 Å². The number of thiophene rings is 1. The van der Waals surface area contributed by atoms with Gasteiger partial charge in [0, 0.05) is 30.7 Å². The van der Waals surface area contributed by atoms with Gasteiger partial charge in [0.1, 0.15) is 0 Å². The quantitative estimate of drug-likeness (QED) is 0.580. The van der Waals surface area contributed by atoms with E-state index >= 15 is 0 Å². The van der Waals surface area contributed by atoms with Gasteiger partial charge in [-0.05, 0) is 44.1 Å². The zero-order valence-corrected chi connectivity index (χ0v) is 19.9. The van der Waals surface area contributed by atoms with E-state index in [4.69, 9.17) is 4.74 Å². The molecule has 2 fully saturated rings. The summed E-state index contributed by atoms with van der Waals surface area (Å²) in [7, 11) is 0. The molecule has 0 N–H and O–H groups in total. The number of esters is 1. The van der Waals surface area contributed by atoms with Crippen molar-refractivity contribution in [2.24, 2.45) is 5.92 Å². The van der Waals surface area contributed by atoms with Crippen molar-refractivity contribution in [3.63, 3.8) is 0 Å². The lowest BCUT2D eigenvalue weighted by molar-refractivity contribution is -0.159. The van der Waals surface area contributed by atoms with Crippen LogP contribution in [0.1, 0.15) is 61.5 Å². The normalized spacial score (nSPS) is 18.8. The maximum atomic E-state index is 13.3. The molecule has 1 aliphatic carbocycles. The van der Waals surface area contributed by atoms with Crippen molar-refractivity contribution in [2.45, 2.75) is 64.0 Å². The molecular weight excluding hydrogens is 446 g/mol. The fourth-order valence-electron chi connectivity index (χ4n) is 4.50. The highest BCUT2D eigenvalue weighted by Gasteiger charge is 2.35. The Morgan fingerprint density at radius 3 is 2.47 bits per heavy atom. The Balaban J connectivity index is 1.33. The Morgan fingerprint density at radius 2 is 1.84 bits per heavy atom. The molecule has 2 aliphatic rings. The van der Waals surface area contributed by atoms with Crippen molar-refractivity contribution in [1.82, 2.24) is 9.88 Å². The summed E-state index contributed by atoms with van der Waals surface area (Å²) >= 11 is 2.86. The number of carbonyl (C=O) groups is 3. The topological polar surface area (TPSA) is 79.8 Å². The number of aromatic nitrogens is 1. The zero-order valence-electron chi connectivity index (χ0n) is 18.3. The molecule has 0 spiro atoms. The van der Waals surface area contributed by atoms with Gasteiger partial charge in [0.25, 0.3) is 11.8 Å². The highest BCUT2D eigenvalue weighted by Crippen LogP contribution is 2.30. The van der Waals surface area contributed by atoms with Crippen LogP contribution in [-0.2, 0) is 14.3 Å². The van der Waals surface area contributed by atoms with E-state index < -0.39 is 6.10 Å². The van der Waals surface area contributed by atoms with Gasteiger partial charge in [-0.25, -0.2) is 4.98 Å². The average molecular weight is 476 g/mol. The number of hydrogen-bond donors (Lipinski definition) is 0. The molecule has 32 heavy (non-hydrogen) atoms. The second-order valence-electron chi connectivity index (χ2n) is 8.44. The molecule has 2 amide bonds. The first-order valence-corrected chi connectivity index (χ1v) is 13.1. The van der Waals surface area contributed by atoms with Crippen LogP contribution in [0.15, 0.2) is 29.1 Å². The van der Waals surface area contributed by atoms with Gasteiger partial charge in [0.15, 0.2) is 11.2 Å². The van der Waals surface area contributed by atoms with Crippen molar-refractivity contribution in [3.8, 4) is 0 Å². The van der Waals surface area contributed by atoms with Crippen LogP contribution in [0.5, 0.6) is 0 Å². The molecular formula is C23H29N3O4S2. The van der Waals surface area contributed by atoms with E-state index in [-0.39, 0.29) is 29.7 Å². The summed E-state index contributed by atoms with van der Waals surface area (Å²) in [5.74, 6) is -0.829. The van der Waals surface area contributed by atoms with Gasteiger partial charge < -0.3 is 9.64 Å². The maximum absolute atomic E-state index is 13.3. The molecule has 172 valence electrons. The van der Waals surface area contributed by atoms with E-state index in [1.54, 1.807) is 22.9 Å². The molecule has 2 aromatic rings. The summed E-state index contributed by atoms with van der Waals surface area (Å²) < 4.78 is 5.63. The van der Waals surface area contributed by atoms with Gasteiger partial charge in [-0.3, -0.25) is 19.3 Å². The van der Waals surface area contributed by atoms with Crippen molar-refractivity contribution >= 4 is 45.6 Å². The lowest BCUT2D eigenvalue weighted by atomic mass is 9.94. The van der Waals surface area contributed by atoms with Crippen molar-refractivity contribution in [2.75, 3.05) is 18.0 Å². The largest absolute Gasteiger partial charge is 0.452 e. The van der Waals surface area contributed by atoms with Crippen LogP contribution >= 0.6 is 22.7 Å². The Kier molecular flexibility index (Phi) is 7.57. The maximum Gasteiger partial charge on any atom is 0.309 e. The van der Waals surface area contributed by atoms with Crippen LogP contribution in [0.25, 0.3) is 0 Å². The van der Waals surface area contributed by atoms with E-state index in [0.717, 1.165) is 30.6 Å². The minimum absolute atomic E-state index is 0.0157. The average Bonchev–Trinajstić information content (AvgIpc) is 3.54. The predicted molar refractivity (Wildman–Crippen MR) is 125 cm³/mol. The number of likely N-dealkylation sites (tertiary alicyclic amines) is 1. The molecule has 1 unspecified atom stereocenters. The van der Waals surface area contributed by atoms with Gasteiger partial charge in [-0.15, -0.1) is 22.7 Å². The zero-order chi connectivity index (χ0) is 22.5. The summed E-state index contributed by atoms with van der Waals surface area (Å²) in [6.45, 7) is 2.69. The highest BCUT2D eigenvalue weighted by molar-refractivity contribution is 7.13. The van der Waals surface area contributed by atoms with E-state index in [1.165, 1.54) is 29.1 Å². The van der Waals surface area contributed by atoms with Crippen LogP contribution in [0.2, 0.25) is 0 Å². The number of hydrogen-bond acceptors (Lipinski definition) is 7. The second kappa shape index (κ2) is 10.6. The minimum atomic E-state index is -0.862. The summed E-state index contributed by atoms with van der Waals surface area (Å²) in [6.07, 6.45) is 7.21. The first-order chi connectivity index (χ1) is 15.5. The lowest BCUT2D eigenvalue weighted by Crippen LogP contribution is -2.48. The van der Waals surface area contributed by atoms with Crippen molar-refractivity contribution < 1.29 is 19.1 Å². The molecule has 1 atom stereocenters. The molecule has 0 aromatic carbocycles. The smallest absolute Gasteiger partial charge is 0.309 e. The Labute approximate surface area is 196 Å². The molecule has 0 radical (unpaired) electrons. The standard InChI is InChI=1S/C23H29N3O4S2/c1-16(20(27)26(23-24-11-15-32-23)18-6-3-2-4-7-18)30-22(29)17-9-12-25(13-10-17)21(28)19-8-5-14-31-19/h5,8,11,14-18H,2-4,6-7,9-10,12-13H2,1H3. The lowest BCUT2D eigenvalue weighted by Gasteiger charge is -2.34. The number of rotatable bonds is 6. The van der Waals surface area contributed by atoms with E-state index in [0.29, 0.717) is 31.1 Å². The molecule has 1 saturated heterocycles. The van der Waals surface area contributed by atoms with Gasteiger partial charge in [-0.1, -0.05) is 25.3 Å². The van der Waals surface area contributed by atoms with E-state index in [9.17, 15) is 14.4 Å². The molecule has 1 saturated carbocycles. The number of anilines is 1. The van der Waals surface area contributed by atoms with Gasteiger partial charge in [-0.2, -0.15) is 0 Å². The molecule has 2 aromatic heterocycles. The highest BCUT2D eigenvalue weighted by atomic mass is 32.1. The third kappa shape index (κ3) is 5.20. The van der Waals surface area contributed by atoms with Gasteiger partial charge in [0.05, 0.1) is 10.8 Å². The number of nitrogens with zero attached hydrogens (tertiary/aromatic N) is 3. The Morgan fingerprint density at radius 1 is 1.09 bits per heavy atom. The Hall–Kier alpha value is -2.26. The van der Waals surface area contributed by atoms with Crippen LogP contribution in [0.4, 0.5) is 5.13 Å². The first-order valence-electron chi connectivity index (χ1n) is 11.3. The number of thiazole rings is 1. The molecule has 0 bridgehead atoms. The fraction of sp³-hybridized carbons (Fsp3) is 0.565. The molecule has 1 aliphatic heterocycles. The SMILES string of the molecule is CC(OC(=O)C1CCN(C(=O)c2cccs2)CC1)C(=O)N(c1nccs1)C1CCCCC1. The van der Waals surface area contributed by atoms with Crippen LogP contribution in [0, 0.1) is 5.92 Å².